The summed E-state index contributed by atoms with van der Waals surface area (Å²) in [5, 5.41) is -0.513. The van der Waals surface area contributed by atoms with Crippen molar-refractivity contribution < 1.29 is 31.1 Å². The van der Waals surface area contributed by atoms with Gasteiger partial charge in [-0.25, -0.2) is 19.7 Å². The van der Waals surface area contributed by atoms with Crippen molar-refractivity contribution in [1.29, 1.82) is 0 Å². The van der Waals surface area contributed by atoms with Gasteiger partial charge in [-0.3, -0.25) is 4.79 Å². The predicted molar refractivity (Wildman–Crippen MR) is 133 cm³/mol. The van der Waals surface area contributed by atoms with Crippen LogP contribution in [0.25, 0.3) is 11.3 Å². The van der Waals surface area contributed by atoms with E-state index in [9.17, 15) is 26.4 Å². The van der Waals surface area contributed by atoms with Crippen LogP contribution in [0.4, 0.5) is 24.8 Å². The van der Waals surface area contributed by atoms with Crippen molar-refractivity contribution in [3.8, 4) is 17.1 Å². The van der Waals surface area contributed by atoms with E-state index in [4.69, 9.17) is 10.5 Å². The van der Waals surface area contributed by atoms with Crippen LogP contribution >= 0.6 is 0 Å². The zero-order valence-electron chi connectivity index (χ0n) is 20.4. The van der Waals surface area contributed by atoms with Gasteiger partial charge in [-0.2, -0.15) is 21.6 Å². The van der Waals surface area contributed by atoms with Crippen LogP contribution in [0.2, 0.25) is 0 Å². The Bertz CT molecular complexity index is 1430. The second-order valence-corrected chi connectivity index (χ2v) is 10.5. The van der Waals surface area contributed by atoms with E-state index in [-0.39, 0.29) is 48.4 Å². The number of alkyl halides is 3. The van der Waals surface area contributed by atoms with Crippen molar-refractivity contribution >= 4 is 27.6 Å². The number of hydrogen-bond acceptors (Lipinski definition) is 9. The van der Waals surface area contributed by atoms with Crippen LogP contribution in [0.1, 0.15) is 37.0 Å². The molecule has 0 aromatic carbocycles. The van der Waals surface area contributed by atoms with Gasteiger partial charge >= 0.3 is 6.18 Å². The lowest BCUT2D eigenvalue weighted by atomic mass is 10.1. The maximum atomic E-state index is 13.8. The van der Waals surface area contributed by atoms with E-state index in [1.807, 2.05) is 18.6 Å². The molecule has 1 atom stereocenters. The van der Waals surface area contributed by atoms with E-state index in [0.29, 0.717) is 11.4 Å². The van der Waals surface area contributed by atoms with Gasteiger partial charge in [0.25, 0.3) is 15.9 Å². The van der Waals surface area contributed by atoms with Crippen LogP contribution in [0, 0.1) is 0 Å². The van der Waals surface area contributed by atoms with Gasteiger partial charge in [-0.1, -0.05) is 6.07 Å². The Morgan fingerprint density at radius 2 is 1.92 bits per heavy atom. The Kier molecular flexibility index (Phi) is 7.44. The zero-order valence-corrected chi connectivity index (χ0v) is 21.3. The Morgan fingerprint density at radius 3 is 2.55 bits per heavy atom. The van der Waals surface area contributed by atoms with Gasteiger partial charge in [0.2, 0.25) is 5.88 Å². The number of sulfonamides is 1. The fourth-order valence-corrected chi connectivity index (χ4v) is 4.96. The monoisotopic (exact) mass is 550 g/mol. The molecule has 0 aliphatic carbocycles. The molecule has 3 N–H and O–H groups in total. The molecule has 1 saturated heterocycles. The first-order valence-corrected chi connectivity index (χ1v) is 13.1. The summed E-state index contributed by atoms with van der Waals surface area (Å²) in [5.41, 5.74) is 5.91. The lowest BCUT2D eigenvalue weighted by Crippen LogP contribution is -2.43. The first kappa shape index (κ1) is 27.1. The lowest BCUT2D eigenvalue weighted by Gasteiger charge is -2.29. The molecule has 38 heavy (non-hydrogen) atoms. The molecule has 3 aromatic heterocycles. The highest BCUT2D eigenvalue weighted by Crippen LogP contribution is 2.37. The molecular weight excluding hydrogens is 525 g/mol. The maximum absolute atomic E-state index is 13.8. The third-order valence-corrected chi connectivity index (χ3v) is 6.89. The first-order valence-electron chi connectivity index (χ1n) is 11.6. The highest BCUT2D eigenvalue weighted by molar-refractivity contribution is 7.90. The van der Waals surface area contributed by atoms with Crippen molar-refractivity contribution in [3.63, 3.8) is 0 Å². The maximum Gasteiger partial charge on any atom is 0.408 e. The minimum atomic E-state index is -4.59. The summed E-state index contributed by atoms with van der Waals surface area (Å²) in [5.74, 6) is -1.18. The summed E-state index contributed by atoms with van der Waals surface area (Å²) in [4.78, 5) is 26.4. The van der Waals surface area contributed by atoms with E-state index in [1.54, 1.807) is 12.1 Å². The Balaban J connectivity index is 1.74. The molecule has 1 amide bonds. The number of carbonyl (C=O) groups excluding carboxylic acids is 1. The third-order valence-electron chi connectivity index (χ3n) is 5.66. The average Bonchev–Trinajstić information content (AvgIpc) is 3.34. The molecular formula is C24H25F3N6O4S. The SMILES string of the molecule is CC(C)Oc1ccc(-c2ccc(C(=O)NS(=O)(=O)c3cccc(N)n3)c(N3CCCC3C(F)(F)F)n2)cn1. The van der Waals surface area contributed by atoms with Gasteiger partial charge in [0, 0.05) is 24.4 Å². The van der Waals surface area contributed by atoms with E-state index >= 15 is 0 Å². The lowest BCUT2D eigenvalue weighted by molar-refractivity contribution is -0.146. The summed E-state index contributed by atoms with van der Waals surface area (Å²) >= 11 is 0. The number of ether oxygens (including phenoxy) is 1. The predicted octanol–water partition coefficient (Wildman–Crippen LogP) is 3.56. The number of rotatable bonds is 7. The number of pyridine rings is 3. The van der Waals surface area contributed by atoms with Crippen LogP contribution in [-0.4, -0.2) is 54.1 Å². The molecule has 1 unspecified atom stereocenters. The Labute approximate surface area is 217 Å². The number of nitrogen functional groups attached to an aromatic ring is 1. The van der Waals surface area contributed by atoms with Crippen LogP contribution in [0.3, 0.4) is 0 Å². The summed E-state index contributed by atoms with van der Waals surface area (Å²) < 4.78 is 74.3. The van der Waals surface area contributed by atoms with E-state index in [2.05, 4.69) is 15.0 Å². The highest BCUT2D eigenvalue weighted by atomic mass is 32.2. The molecule has 3 aromatic rings. The number of aromatic nitrogens is 3. The zero-order chi connectivity index (χ0) is 27.7. The van der Waals surface area contributed by atoms with Gasteiger partial charge in [-0.05, 0) is 57.0 Å². The molecule has 0 spiro atoms. The fourth-order valence-electron chi connectivity index (χ4n) is 4.02. The summed E-state index contributed by atoms with van der Waals surface area (Å²) in [6.45, 7) is 3.65. The van der Waals surface area contributed by atoms with E-state index < -0.39 is 33.2 Å². The Hall–Kier alpha value is -3.94. The van der Waals surface area contributed by atoms with Crippen LogP contribution in [-0.2, 0) is 10.0 Å². The molecule has 14 heteroatoms. The normalized spacial score (nSPS) is 16.1. The van der Waals surface area contributed by atoms with Gasteiger partial charge in [0.05, 0.1) is 17.4 Å². The second kappa shape index (κ2) is 10.4. The minimum Gasteiger partial charge on any atom is -0.475 e. The third kappa shape index (κ3) is 5.96. The number of halogens is 3. The molecule has 4 rings (SSSR count). The summed E-state index contributed by atoms with van der Waals surface area (Å²) in [7, 11) is -4.47. The minimum absolute atomic E-state index is 0.0240. The first-order chi connectivity index (χ1) is 17.8. The second-order valence-electron chi connectivity index (χ2n) is 8.85. The molecule has 4 heterocycles. The smallest absolute Gasteiger partial charge is 0.408 e. The quantitative estimate of drug-likeness (QED) is 0.452. The largest absolute Gasteiger partial charge is 0.475 e. The number of carbonyl (C=O) groups is 1. The molecule has 0 bridgehead atoms. The Morgan fingerprint density at radius 1 is 1.16 bits per heavy atom. The van der Waals surface area contributed by atoms with Crippen LogP contribution in [0.5, 0.6) is 5.88 Å². The van der Waals surface area contributed by atoms with Gasteiger partial charge in [0.15, 0.2) is 5.03 Å². The number of hydrogen-bond donors (Lipinski definition) is 2. The topological polar surface area (TPSA) is 140 Å². The average molecular weight is 551 g/mol. The van der Waals surface area contributed by atoms with Gasteiger partial charge < -0.3 is 15.4 Å². The standard InChI is InChI=1S/C24H25F3N6O4S/c1-14(2)37-20-11-8-15(13-29-20)17-10-9-16(22(30-17)33-12-4-5-18(33)24(25,26)27)23(34)32-38(35,36)21-7-3-6-19(28)31-21/h3,6-11,13-14,18H,4-5,12H2,1-2H3,(H2,28,31)(H,32,34). The molecule has 202 valence electrons. The van der Waals surface area contributed by atoms with Crippen molar-refractivity contribution in [3.05, 3.63) is 54.2 Å². The molecule has 1 aliphatic rings. The summed E-state index contributed by atoms with van der Waals surface area (Å²) in [6, 6.07) is 7.82. The van der Waals surface area contributed by atoms with E-state index in [1.165, 1.54) is 30.5 Å². The van der Waals surface area contributed by atoms with Crippen molar-refractivity contribution in [1.82, 2.24) is 19.7 Å². The molecule has 1 fully saturated rings. The number of amides is 1. The van der Waals surface area contributed by atoms with Crippen LogP contribution < -0.4 is 20.1 Å². The van der Waals surface area contributed by atoms with Gasteiger partial charge in [0.1, 0.15) is 17.7 Å². The molecule has 10 nitrogen and oxygen atoms in total. The number of nitrogens with one attached hydrogen (secondary N) is 1. The number of anilines is 2. The van der Waals surface area contributed by atoms with Crippen molar-refractivity contribution in [2.75, 3.05) is 17.2 Å². The van der Waals surface area contributed by atoms with Gasteiger partial charge in [-0.15, -0.1) is 0 Å². The van der Waals surface area contributed by atoms with E-state index in [0.717, 1.165) is 11.0 Å². The van der Waals surface area contributed by atoms with Crippen molar-refractivity contribution in [2.24, 2.45) is 0 Å². The molecule has 0 radical (unpaired) electrons. The number of nitrogens with zero attached hydrogens (tertiary/aromatic N) is 4. The number of nitrogens with two attached hydrogens (primary N) is 1. The van der Waals surface area contributed by atoms with Crippen molar-refractivity contribution in [2.45, 2.75) is 50.0 Å². The molecule has 1 aliphatic heterocycles. The highest BCUT2D eigenvalue weighted by Gasteiger charge is 2.47. The van der Waals surface area contributed by atoms with Crippen LogP contribution in [0.15, 0.2) is 53.7 Å². The summed E-state index contributed by atoms with van der Waals surface area (Å²) in [6.07, 6.45) is -3.22. The fraction of sp³-hybridized carbons (Fsp3) is 0.333. The molecule has 0 saturated carbocycles.